The summed E-state index contributed by atoms with van der Waals surface area (Å²) in [6, 6.07) is 11.5. The number of nitriles is 1. The van der Waals surface area contributed by atoms with Crippen LogP contribution < -0.4 is 0 Å². The van der Waals surface area contributed by atoms with Crippen molar-refractivity contribution in [2.24, 2.45) is 0 Å². The lowest BCUT2D eigenvalue weighted by Crippen LogP contribution is -1.97. The monoisotopic (exact) mass is 207 g/mol. The molecule has 74 valence electrons. The second-order valence-corrected chi connectivity index (χ2v) is 4.55. The lowest BCUT2D eigenvalue weighted by Gasteiger charge is -2.00. The van der Waals surface area contributed by atoms with Gasteiger partial charge in [0.25, 0.3) is 0 Å². The Kier molecular flexibility index (Phi) is 4.95. The van der Waals surface area contributed by atoms with Crippen molar-refractivity contribution >= 4 is 10.8 Å². The average molecular weight is 207 g/mol. The Morgan fingerprint density at radius 3 is 2.57 bits per heavy atom. The van der Waals surface area contributed by atoms with Gasteiger partial charge in [0.1, 0.15) is 0 Å². The maximum Gasteiger partial charge on any atom is 0.0621 e. The topological polar surface area (TPSA) is 40.9 Å². The first kappa shape index (κ1) is 10.9. The molecule has 1 atom stereocenters. The van der Waals surface area contributed by atoms with Crippen molar-refractivity contribution in [3.8, 4) is 6.07 Å². The highest BCUT2D eigenvalue weighted by Crippen LogP contribution is 2.07. The minimum absolute atomic E-state index is 0.561. The molecule has 0 fully saturated rings. The van der Waals surface area contributed by atoms with Gasteiger partial charge in [-0.2, -0.15) is 5.26 Å². The van der Waals surface area contributed by atoms with Gasteiger partial charge in [-0.3, -0.25) is 4.21 Å². The zero-order chi connectivity index (χ0) is 10.2. The molecule has 0 N–H and O–H groups in total. The standard InChI is InChI=1S/C11H13NOS/c12-9-5-2-6-10-14(13)11-7-3-1-4-8-11/h1,3-4,7-8H,2,5-6,10H2. The van der Waals surface area contributed by atoms with E-state index in [9.17, 15) is 4.21 Å². The van der Waals surface area contributed by atoms with Gasteiger partial charge in [-0.15, -0.1) is 0 Å². The summed E-state index contributed by atoms with van der Waals surface area (Å²) in [5.74, 6) is 0.658. The molecular formula is C11H13NOS. The molecular weight excluding hydrogens is 194 g/mol. The summed E-state index contributed by atoms with van der Waals surface area (Å²) in [5.41, 5.74) is 0. The first-order valence-electron chi connectivity index (χ1n) is 4.65. The van der Waals surface area contributed by atoms with E-state index in [0.29, 0.717) is 12.2 Å². The van der Waals surface area contributed by atoms with Crippen LogP contribution in [0.3, 0.4) is 0 Å². The molecule has 0 saturated heterocycles. The highest BCUT2D eigenvalue weighted by molar-refractivity contribution is 7.85. The minimum atomic E-state index is -0.896. The van der Waals surface area contributed by atoms with Crippen molar-refractivity contribution in [2.45, 2.75) is 24.2 Å². The highest BCUT2D eigenvalue weighted by atomic mass is 32.2. The van der Waals surface area contributed by atoms with Gasteiger partial charge >= 0.3 is 0 Å². The molecule has 0 saturated carbocycles. The third-order valence-corrected chi connectivity index (χ3v) is 3.33. The molecule has 2 nitrogen and oxygen atoms in total. The van der Waals surface area contributed by atoms with E-state index < -0.39 is 10.8 Å². The maximum atomic E-state index is 11.6. The molecule has 0 bridgehead atoms. The van der Waals surface area contributed by atoms with Crippen LogP contribution in [-0.4, -0.2) is 9.96 Å². The molecule has 1 unspecified atom stereocenters. The predicted octanol–water partition coefficient (Wildman–Crippen LogP) is 2.49. The predicted molar refractivity (Wildman–Crippen MR) is 57.2 cm³/mol. The molecule has 0 spiro atoms. The Bertz CT molecular complexity index is 329. The molecule has 1 aromatic carbocycles. The summed E-state index contributed by atoms with van der Waals surface area (Å²) < 4.78 is 11.6. The van der Waals surface area contributed by atoms with Gasteiger partial charge in [-0.05, 0) is 25.0 Å². The van der Waals surface area contributed by atoms with Crippen LogP contribution in [0.5, 0.6) is 0 Å². The van der Waals surface area contributed by atoms with Crippen molar-refractivity contribution in [1.29, 1.82) is 5.26 Å². The summed E-state index contributed by atoms with van der Waals surface area (Å²) in [5, 5.41) is 8.32. The Morgan fingerprint density at radius 2 is 1.93 bits per heavy atom. The lowest BCUT2D eigenvalue weighted by molar-refractivity contribution is 0.678. The Hall–Kier alpha value is -1.14. The largest absolute Gasteiger partial charge is 0.254 e. The van der Waals surface area contributed by atoms with Crippen LogP contribution in [-0.2, 0) is 10.8 Å². The van der Waals surface area contributed by atoms with Crippen LogP contribution in [0, 0.1) is 11.3 Å². The summed E-state index contributed by atoms with van der Waals surface area (Å²) >= 11 is 0. The van der Waals surface area contributed by atoms with Crippen LogP contribution in [0.1, 0.15) is 19.3 Å². The van der Waals surface area contributed by atoms with Gasteiger partial charge < -0.3 is 0 Å². The molecule has 1 aromatic rings. The quantitative estimate of drug-likeness (QED) is 0.696. The normalized spacial score (nSPS) is 11.9. The van der Waals surface area contributed by atoms with Gasteiger partial charge in [0, 0.05) is 17.1 Å². The molecule has 0 heterocycles. The van der Waals surface area contributed by atoms with Crippen molar-refractivity contribution in [2.75, 3.05) is 5.75 Å². The Morgan fingerprint density at radius 1 is 1.21 bits per heavy atom. The van der Waals surface area contributed by atoms with Gasteiger partial charge in [-0.1, -0.05) is 18.2 Å². The summed E-state index contributed by atoms with van der Waals surface area (Å²) in [4.78, 5) is 0.879. The van der Waals surface area contributed by atoms with Gasteiger partial charge in [0.15, 0.2) is 0 Å². The Balaban J connectivity index is 2.33. The first-order chi connectivity index (χ1) is 6.84. The number of nitrogens with zero attached hydrogens (tertiary/aromatic N) is 1. The van der Waals surface area contributed by atoms with E-state index in [-0.39, 0.29) is 0 Å². The first-order valence-corrected chi connectivity index (χ1v) is 5.97. The second kappa shape index (κ2) is 6.33. The molecule has 0 aliphatic rings. The SMILES string of the molecule is N#CCCCCS(=O)c1ccccc1. The zero-order valence-electron chi connectivity index (χ0n) is 7.98. The van der Waals surface area contributed by atoms with E-state index in [4.69, 9.17) is 5.26 Å². The fourth-order valence-electron chi connectivity index (χ4n) is 1.13. The van der Waals surface area contributed by atoms with Crippen LogP contribution in [0.15, 0.2) is 35.2 Å². The molecule has 14 heavy (non-hydrogen) atoms. The third kappa shape index (κ3) is 3.71. The van der Waals surface area contributed by atoms with E-state index in [1.165, 1.54) is 0 Å². The molecule has 0 aliphatic carbocycles. The lowest BCUT2D eigenvalue weighted by atomic mass is 10.3. The Labute approximate surface area is 87.0 Å². The number of benzene rings is 1. The average Bonchev–Trinajstić information content (AvgIpc) is 2.25. The minimum Gasteiger partial charge on any atom is -0.254 e. The number of hydrogen-bond donors (Lipinski definition) is 0. The number of hydrogen-bond acceptors (Lipinski definition) is 2. The van der Waals surface area contributed by atoms with Crippen molar-refractivity contribution in [3.63, 3.8) is 0 Å². The molecule has 0 aliphatic heterocycles. The van der Waals surface area contributed by atoms with Crippen LogP contribution >= 0.6 is 0 Å². The van der Waals surface area contributed by atoms with Gasteiger partial charge in [-0.25, -0.2) is 0 Å². The summed E-state index contributed by atoms with van der Waals surface area (Å²) in [6.07, 6.45) is 2.26. The molecule has 0 radical (unpaired) electrons. The summed E-state index contributed by atoms with van der Waals surface area (Å²) in [7, 11) is -0.896. The van der Waals surface area contributed by atoms with E-state index in [2.05, 4.69) is 6.07 Å². The third-order valence-electron chi connectivity index (χ3n) is 1.87. The molecule has 3 heteroatoms. The van der Waals surface area contributed by atoms with Crippen molar-refractivity contribution in [1.82, 2.24) is 0 Å². The van der Waals surface area contributed by atoms with E-state index in [1.54, 1.807) is 0 Å². The van der Waals surface area contributed by atoms with Crippen LogP contribution in [0.25, 0.3) is 0 Å². The van der Waals surface area contributed by atoms with Crippen LogP contribution in [0.2, 0.25) is 0 Å². The zero-order valence-corrected chi connectivity index (χ0v) is 8.80. The number of rotatable bonds is 5. The summed E-state index contributed by atoms with van der Waals surface area (Å²) in [6.45, 7) is 0. The van der Waals surface area contributed by atoms with Crippen molar-refractivity contribution < 1.29 is 4.21 Å². The van der Waals surface area contributed by atoms with Gasteiger partial charge in [0.2, 0.25) is 0 Å². The molecule has 1 rings (SSSR count). The van der Waals surface area contributed by atoms with Gasteiger partial charge in [0.05, 0.1) is 16.9 Å². The fourth-order valence-corrected chi connectivity index (χ4v) is 2.29. The smallest absolute Gasteiger partial charge is 0.0621 e. The van der Waals surface area contributed by atoms with Crippen molar-refractivity contribution in [3.05, 3.63) is 30.3 Å². The highest BCUT2D eigenvalue weighted by Gasteiger charge is 2.01. The fraction of sp³-hybridized carbons (Fsp3) is 0.364. The maximum absolute atomic E-state index is 11.6. The molecule has 0 aromatic heterocycles. The van der Waals surface area contributed by atoms with E-state index in [1.807, 2.05) is 30.3 Å². The molecule has 0 amide bonds. The van der Waals surface area contributed by atoms with E-state index in [0.717, 1.165) is 17.7 Å². The van der Waals surface area contributed by atoms with Crippen LogP contribution in [0.4, 0.5) is 0 Å². The van der Waals surface area contributed by atoms with E-state index >= 15 is 0 Å². The second-order valence-electron chi connectivity index (χ2n) is 2.98. The number of unbranched alkanes of at least 4 members (excludes halogenated alkanes) is 2.